The topological polar surface area (TPSA) is 61.4 Å². The number of nitrogens with one attached hydrogen (secondary N) is 2. The van der Waals surface area contributed by atoms with Crippen LogP contribution in [0.4, 0.5) is 10.1 Å². The van der Waals surface area contributed by atoms with Crippen LogP contribution in [0.15, 0.2) is 16.6 Å². The Kier molecular flexibility index (Phi) is 3.79. The molecule has 1 fully saturated rings. The number of hydrogen-bond donors (Lipinski definition) is 3. The number of aliphatic carboxylic acids is 1. The van der Waals surface area contributed by atoms with Crippen LogP contribution in [0, 0.1) is 5.82 Å². The van der Waals surface area contributed by atoms with E-state index in [1.807, 2.05) is 0 Å². The van der Waals surface area contributed by atoms with Gasteiger partial charge in [-0.25, -0.2) is 4.39 Å². The number of hydrogen-bond acceptors (Lipinski definition) is 3. The van der Waals surface area contributed by atoms with E-state index < -0.39 is 17.3 Å². The number of carboxylic acids is 1. The van der Waals surface area contributed by atoms with E-state index in [-0.39, 0.29) is 11.4 Å². The van der Waals surface area contributed by atoms with Crippen LogP contribution in [0.3, 0.4) is 0 Å². The van der Waals surface area contributed by atoms with Crippen LogP contribution >= 0.6 is 27.5 Å². The monoisotopic (exact) mass is 336 g/mol. The molecular formula is C11H11BrClFN2O2. The van der Waals surface area contributed by atoms with Crippen molar-refractivity contribution in [1.29, 1.82) is 0 Å². The molecule has 0 amide bonds. The minimum atomic E-state index is -0.890. The van der Waals surface area contributed by atoms with Crippen molar-refractivity contribution in [3.63, 3.8) is 0 Å². The molecule has 0 atom stereocenters. The molecule has 0 aromatic heterocycles. The summed E-state index contributed by atoms with van der Waals surface area (Å²) in [5, 5.41) is 15.2. The molecule has 1 saturated heterocycles. The third-order valence-electron chi connectivity index (χ3n) is 2.81. The van der Waals surface area contributed by atoms with Crippen molar-refractivity contribution in [2.45, 2.75) is 12.0 Å². The van der Waals surface area contributed by atoms with Crippen LogP contribution in [-0.4, -0.2) is 29.7 Å². The first-order valence-corrected chi connectivity index (χ1v) is 6.44. The number of carbonyl (C=O) groups is 1. The van der Waals surface area contributed by atoms with E-state index in [9.17, 15) is 9.18 Å². The molecule has 0 saturated carbocycles. The predicted octanol–water partition coefficient (Wildman–Crippen LogP) is 2.47. The summed E-state index contributed by atoms with van der Waals surface area (Å²) in [6, 6.07) is 2.48. The second kappa shape index (κ2) is 5.03. The summed E-state index contributed by atoms with van der Waals surface area (Å²) in [6.45, 7) is 1.05. The SMILES string of the molecule is O=C(O)CC1(Nc2c(Cl)cc(F)cc2Br)CNC1. The normalized spacial score (nSPS) is 17.1. The highest BCUT2D eigenvalue weighted by molar-refractivity contribution is 9.10. The fraction of sp³-hybridized carbons (Fsp3) is 0.364. The molecule has 7 heteroatoms. The fourth-order valence-electron chi connectivity index (χ4n) is 1.90. The van der Waals surface area contributed by atoms with Gasteiger partial charge in [-0.2, -0.15) is 0 Å². The summed E-state index contributed by atoms with van der Waals surface area (Å²) in [7, 11) is 0. The predicted molar refractivity (Wildman–Crippen MR) is 70.6 cm³/mol. The summed E-state index contributed by atoms with van der Waals surface area (Å²) in [6.07, 6.45) is -0.0276. The summed E-state index contributed by atoms with van der Waals surface area (Å²) in [4.78, 5) is 10.8. The molecule has 98 valence electrons. The third kappa shape index (κ3) is 2.76. The number of anilines is 1. The third-order valence-corrected chi connectivity index (χ3v) is 3.74. The van der Waals surface area contributed by atoms with E-state index in [2.05, 4.69) is 26.6 Å². The molecule has 2 rings (SSSR count). The van der Waals surface area contributed by atoms with Gasteiger partial charge in [-0.1, -0.05) is 11.6 Å². The average Bonchev–Trinajstić information content (AvgIpc) is 2.18. The lowest BCUT2D eigenvalue weighted by atomic mass is 9.88. The van der Waals surface area contributed by atoms with E-state index in [1.54, 1.807) is 0 Å². The van der Waals surface area contributed by atoms with E-state index in [4.69, 9.17) is 16.7 Å². The highest BCUT2D eigenvalue weighted by Crippen LogP contribution is 2.35. The first-order valence-electron chi connectivity index (χ1n) is 5.27. The Balaban J connectivity index is 2.25. The van der Waals surface area contributed by atoms with Crippen LogP contribution in [0.25, 0.3) is 0 Å². The van der Waals surface area contributed by atoms with Crippen LogP contribution in [0.2, 0.25) is 5.02 Å². The van der Waals surface area contributed by atoms with Crippen molar-refractivity contribution in [2.24, 2.45) is 0 Å². The molecule has 1 aromatic rings. The van der Waals surface area contributed by atoms with Gasteiger partial charge in [0.05, 0.1) is 22.7 Å². The molecule has 1 aliphatic heterocycles. The maximum atomic E-state index is 13.1. The fourth-order valence-corrected chi connectivity index (χ4v) is 2.80. The van der Waals surface area contributed by atoms with Gasteiger partial charge < -0.3 is 15.7 Å². The summed E-state index contributed by atoms with van der Waals surface area (Å²) in [5.74, 6) is -1.34. The Labute approximate surface area is 117 Å². The molecule has 1 aromatic carbocycles. The van der Waals surface area contributed by atoms with Crippen molar-refractivity contribution in [1.82, 2.24) is 5.32 Å². The minimum absolute atomic E-state index is 0.0276. The van der Waals surface area contributed by atoms with Gasteiger partial charge in [-0.3, -0.25) is 4.79 Å². The summed E-state index contributed by atoms with van der Waals surface area (Å²) < 4.78 is 13.6. The van der Waals surface area contributed by atoms with E-state index in [0.29, 0.717) is 23.2 Å². The lowest BCUT2D eigenvalue weighted by Gasteiger charge is -2.43. The largest absolute Gasteiger partial charge is 0.481 e. The van der Waals surface area contributed by atoms with Gasteiger partial charge in [0.15, 0.2) is 0 Å². The van der Waals surface area contributed by atoms with Crippen molar-refractivity contribution in [3.05, 3.63) is 27.4 Å². The lowest BCUT2D eigenvalue weighted by Crippen LogP contribution is -2.65. The highest BCUT2D eigenvalue weighted by atomic mass is 79.9. The Bertz CT molecular complexity index is 471. The van der Waals surface area contributed by atoms with E-state index in [1.165, 1.54) is 12.1 Å². The molecule has 0 spiro atoms. The number of rotatable bonds is 4. The van der Waals surface area contributed by atoms with Crippen molar-refractivity contribution < 1.29 is 14.3 Å². The number of halogens is 3. The smallest absolute Gasteiger partial charge is 0.305 e. The van der Waals surface area contributed by atoms with Gasteiger partial charge in [-0.05, 0) is 28.1 Å². The van der Waals surface area contributed by atoms with Crippen molar-refractivity contribution in [2.75, 3.05) is 18.4 Å². The second-order valence-electron chi connectivity index (χ2n) is 4.32. The maximum Gasteiger partial charge on any atom is 0.305 e. The van der Waals surface area contributed by atoms with Crippen LogP contribution in [0.1, 0.15) is 6.42 Å². The molecule has 1 heterocycles. The number of benzene rings is 1. The Morgan fingerprint density at radius 1 is 1.61 bits per heavy atom. The summed E-state index contributed by atoms with van der Waals surface area (Å²) in [5.41, 5.74) is -0.0589. The quantitative estimate of drug-likeness (QED) is 0.790. The van der Waals surface area contributed by atoms with Gasteiger partial charge in [-0.15, -0.1) is 0 Å². The Hall–Kier alpha value is -0.850. The molecule has 0 unspecified atom stereocenters. The highest BCUT2D eigenvalue weighted by Gasteiger charge is 2.39. The Morgan fingerprint density at radius 3 is 2.72 bits per heavy atom. The molecule has 3 N–H and O–H groups in total. The maximum absolute atomic E-state index is 13.1. The lowest BCUT2D eigenvalue weighted by molar-refractivity contribution is -0.138. The zero-order valence-electron chi connectivity index (χ0n) is 9.27. The van der Waals surface area contributed by atoms with Gasteiger partial charge in [0.25, 0.3) is 0 Å². The molecular weight excluding hydrogens is 326 g/mol. The van der Waals surface area contributed by atoms with Gasteiger partial charge >= 0.3 is 5.97 Å². The first-order chi connectivity index (χ1) is 8.42. The molecule has 0 bridgehead atoms. The zero-order chi connectivity index (χ0) is 13.3. The van der Waals surface area contributed by atoms with Gasteiger partial charge in [0.1, 0.15) is 5.82 Å². The van der Waals surface area contributed by atoms with Crippen LogP contribution < -0.4 is 10.6 Å². The first kappa shape index (κ1) is 13.6. The molecule has 4 nitrogen and oxygen atoms in total. The molecule has 18 heavy (non-hydrogen) atoms. The van der Waals surface area contributed by atoms with Crippen LogP contribution in [-0.2, 0) is 4.79 Å². The standard InChI is InChI=1S/C11H11BrClFN2O2/c12-7-1-6(14)2-8(13)10(7)16-11(3-9(17)18)4-15-5-11/h1-2,15-16H,3-5H2,(H,17,18). The molecule has 0 aliphatic carbocycles. The zero-order valence-corrected chi connectivity index (χ0v) is 11.6. The molecule has 0 radical (unpaired) electrons. The van der Waals surface area contributed by atoms with Crippen molar-refractivity contribution in [3.8, 4) is 0 Å². The van der Waals surface area contributed by atoms with Crippen molar-refractivity contribution >= 4 is 39.2 Å². The number of carboxylic acid groups (broad SMARTS) is 1. The van der Waals surface area contributed by atoms with Crippen LogP contribution in [0.5, 0.6) is 0 Å². The van der Waals surface area contributed by atoms with E-state index >= 15 is 0 Å². The Morgan fingerprint density at radius 2 is 2.28 bits per heavy atom. The second-order valence-corrected chi connectivity index (χ2v) is 5.59. The minimum Gasteiger partial charge on any atom is -0.481 e. The van der Waals surface area contributed by atoms with Gasteiger partial charge in [0, 0.05) is 17.6 Å². The van der Waals surface area contributed by atoms with E-state index in [0.717, 1.165) is 0 Å². The van der Waals surface area contributed by atoms with Gasteiger partial charge in [0.2, 0.25) is 0 Å². The average molecular weight is 338 g/mol. The summed E-state index contributed by atoms with van der Waals surface area (Å²) >= 11 is 9.17. The molecule has 1 aliphatic rings.